The largest absolute Gasteiger partial charge is 0.462 e. The first kappa shape index (κ1) is 20.8. The minimum atomic E-state index is -4.83. The van der Waals surface area contributed by atoms with Gasteiger partial charge < -0.3 is 9.47 Å². The van der Waals surface area contributed by atoms with Crippen molar-refractivity contribution in [3.8, 4) is 5.75 Å². The van der Waals surface area contributed by atoms with Gasteiger partial charge in [0.1, 0.15) is 11.3 Å². The van der Waals surface area contributed by atoms with Gasteiger partial charge in [-0.15, -0.1) is 11.8 Å². The fourth-order valence-corrected chi connectivity index (χ4v) is 4.33. The summed E-state index contributed by atoms with van der Waals surface area (Å²) in [6, 6.07) is 12.1. The van der Waals surface area contributed by atoms with Gasteiger partial charge in [-0.1, -0.05) is 33.6 Å². The molecule has 0 fully saturated rings. The minimum absolute atomic E-state index is 0.0409. The number of carbonyl (C=O) groups is 1. The third-order valence-corrected chi connectivity index (χ3v) is 5.76. The molecule has 2 aromatic rings. The van der Waals surface area contributed by atoms with E-state index in [0.29, 0.717) is 10.0 Å². The maximum absolute atomic E-state index is 13.7. The Balaban J connectivity index is 2.18. The van der Waals surface area contributed by atoms with Crippen LogP contribution in [0.15, 0.2) is 63.2 Å². The lowest BCUT2D eigenvalue weighted by molar-refractivity contribution is -0.142. The molecule has 0 bridgehead atoms. The van der Waals surface area contributed by atoms with E-state index in [9.17, 15) is 18.0 Å². The minimum Gasteiger partial charge on any atom is -0.462 e. The zero-order chi connectivity index (χ0) is 20.5. The van der Waals surface area contributed by atoms with Crippen LogP contribution in [-0.4, -0.2) is 18.8 Å². The van der Waals surface area contributed by atoms with Crippen LogP contribution in [0.2, 0.25) is 0 Å². The summed E-state index contributed by atoms with van der Waals surface area (Å²) in [4.78, 5) is 13.2. The van der Waals surface area contributed by atoms with E-state index in [4.69, 9.17) is 9.47 Å². The van der Waals surface area contributed by atoms with E-state index in [1.54, 1.807) is 19.1 Å². The Morgan fingerprint density at radius 2 is 1.89 bits per heavy atom. The molecule has 0 aromatic heterocycles. The van der Waals surface area contributed by atoms with Crippen molar-refractivity contribution in [2.24, 2.45) is 0 Å². The van der Waals surface area contributed by atoms with Gasteiger partial charge in [0, 0.05) is 14.9 Å². The van der Waals surface area contributed by atoms with Crippen LogP contribution < -0.4 is 4.74 Å². The molecule has 1 atom stereocenters. The van der Waals surface area contributed by atoms with Gasteiger partial charge in [-0.25, -0.2) is 4.79 Å². The van der Waals surface area contributed by atoms with Crippen LogP contribution >= 0.6 is 27.7 Å². The van der Waals surface area contributed by atoms with Crippen molar-refractivity contribution in [3.05, 3.63) is 69.4 Å². The van der Waals surface area contributed by atoms with Gasteiger partial charge in [-0.05, 0) is 44.2 Å². The number of carbonyl (C=O) groups excluding carboxylic acids is 1. The van der Waals surface area contributed by atoms with Gasteiger partial charge in [0.05, 0.1) is 11.9 Å². The molecule has 1 aliphatic heterocycles. The Hall–Kier alpha value is -1.93. The predicted molar refractivity (Wildman–Crippen MR) is 104 cm³/mol. The zero-order valence-electron chi connectivity index (χ0n) is 15.0. The molecule has 0 spiro atoms. The maximum Gasteiger partial charge on any atom is 0.450 e. The number of alkyl halides is 3. The number of ether oxygens (including phenoxy) is 2. The molecule has 0 N–H and O–H groups in total. The van der Waals surface area contributed by atoms with E-state index >= 15 is 0 Å². The van der Waals surface area contributed by atoms with Crippen LogP contribution in [0.4, 0.5) is 13.2 Å². The second-order valence-electron chi connectivity index (χ2n) is 6.06. The zero-order valence-corrected chi connectivity index (χ0v) is 17.4. The van der Waals surface area contributed by atoms with E-state index in [2.05, 4.69) is 15.9 Å². The van der Waals surface area contributed by atoms with Gasteiger partial charge in [-0.2, -0.15) is 13.2 Å². The highest BCUT2D eigenvalue weighted by molar-refractivity contribution is 9.10. The second kappa shape index (κ2) is 8.21. The SMILES string of the molecule is CCOC(=O)C1=C(C(F)(F)F)Oc2ccc(Br)cc2C1Sc1ccc(C)cc1. The van der Waals surface area contributed by atoms with Crippen molar-refractivity contribution in [2.45, 2.75) is 30.2 Å². The highest BCUT2D eigenvalue weighted by Gasteiger charge is 2.47. The molecule has 1 heterocycles. The smallest absolute Gasteiger partial charge is 0.450 e. The van der Waals surface area contributed by atoms with Gasteiger partial charge in [0.15, 0.2) is 0 Å². The first-order chi connectivity index (χ1) is 13.2. The molecule has 1 unspecified atom stereocenters. The van der Waals surface area contributed by atoms with E-state index in [1.807, 2.05) is 31.2 Å². The molecular weight excluding hydrogens is 457 g/mol. The summed E-state index contributed by atoms with van der Waals surface area (Å²) in [6.45, 7) is 3.42. The Kier molecular flexibility index (Phi) is 6.09. The summed E-state index contributed by atoms with van der Waals surface area (Å²) in [5.41, 5.74) is 0.957. The average molecular weight is 473 g/mol. The highest BCUT2D eigenvalue weighted by Crippen LogP contribution is 2.52. The predicted octanol–water partition coefficient (Wildman–Crippen LogP) is 6.36. The first-order valence-electron chi connectivity index (χ1n) is 8.39. The molecule has 0 saturated carbocycles. The quantitative estimate of drug-likeness (QED) is 0.484. The normalized spacial score (nSPS) is 16.4. The number of aryl methyl sites for hydroxylation is 1. The third kappa shape index (κ3) is 4.38. The van der Waals surface area contributed by atoms with Crippen LogP contribution in [0.5, 0.6) is 5.75 Å². The summed E-state index contributed by atoms with van der Waals surface area (Å²) >= 11 is 4.48. The number of fused-ring (bicyclic) bond motifs is 1. The topological polar surface area (TPSA) is 35.5 Å². The summed E-state index contributed by atoms with van der Waals surface area (Å²) in [5.74, 6) is -2.30. The van der Waals surface area contributed by atoms with E-state index in [0.717, 1.165) is 22.2 Å². The van der Waals surface area contributed by atoms with Gasteiger partial charge in [0.2, 0.25) is 5.76 Å². The van der Waals surface area contributed by atoms with Crippen LogP contribution in [-0.2, 0) is 9.53 Å². The van der Waals surface area contributed by atoms with Gasteiger partial charge >= 0.3 is 12.1 Å². The number of allylic oxidation sites excluding steroid dienone is 1. The Morgan fingerprint density at radius 1 is 1.21 bits per heavy atom. The number of benzene rings is 2. The first-order valence-corrected chi connectivity index (χ1v) is 10.1. The molecule has 0 aliphatic carbocycles. The fraction of sp³-hybridized carbons (Fsp3) is 0.250. The molecule has 3 rings (SSSR count). The number of halogens is 4. The molecule has 2 aromatic carbocycles. The monoisotopic (exact) mass is 472 g/mol. The van der Waals surface area contributed by atoms with Crippen LogP contribution in [0.1, 0.15) is 23.3 Å². The van der Waals surface area contributed by atoms with E-state index < -0.39 is 28.7 Å². The fourth-order valence-electron chi connectivity index (χ4n) is 2.75. The van der Waals surface area contributed by atoms with E-state index in [-0.39, 0.29) is 12.4 Å². The average Bonchev–Trinajstić information content (AvgIpc) is 2.62. The molecule has 0 radical (unpaired) electrons. The molecule has 148 valence electrons. The third-order valence-electron chi connectivity index (χ3n) is 4.00. The number of esters is 1. The van der Waals surface area contributed by atoms with Crippen molar-refractivity contribution in [3.63, 3.8) is 0 Å². The Morgan fingerprint density at radius 3 is 2.50 bits per heavy atom. The summed E-state index contributed by atoms with van der Waals surface area (Å²) in [5, 5.41) is -0.931. The molecular formula is C20H16BrF3O3S. The number of hydrogen-bond donors (Lipinski definition) is 0. The van der Waals surface area contributed by atoms with Crippen molar-refractivity contribution in [1.29, 1.82) is 0 Å². The van der Waals surface area contributed by atoms with Crippen LogP contribution in [0.25, 0.3) is 0 Å². The summed E-state index contributed by atoms with van der Waals surface area (Å²) in [7, 11) is 0. The maximum atomic E-state index is 13.7. The lowest BCUT2D eigenvalue weighted by atomic mass is 9.99. The Labute approximate surface area is 173 Å². The lowest BCUT2D eigenvalue weighted by Crippen LogP contribution is -2.29. The molecule has 1 aliphatic rings. The molecule has 8 heteroatoms. The highest BCUT2D eigenvalue weighted by atomic mass is 79.9. The number of thioether (sulfide) groups is 1. The lowest BCUT2D eigenvalue weighted by Gasteiger charge is -2.30. The van der Waals surface area contributed by atoms with Gasteiger partial charge in [-0.3, -0.25) is 0 Å². The summed E-state index contributed by atoms with van der Waals surface area (Å²) < 4.78 is 51.9. The van der Waals surface area contributed by atoms with Crippen molar-refractivity contribution >= 4 is 33.7 Å². The van der Waals surface area contributed by atoms with Gasteiger partial charge in [0.25, 0.3) is 0 Å². The van der Waals surface area contributed by atoms with Crippen molar-refractivity contribution in [1.82, 2.24) is 0 Å². The summed E-state index contributed by atoms with van der Waals surface area (Å²) in [6.07, 6.45) is -4.83. The second-order valence-corrected chi connectivity index (χ2v) is 8.15. The molecule has 0 amide bonds. The number of rotatable bonds is 4. The number of hydrogen-bond acceptors (Lipinski definition) is 4. The van der Waals surface area contributed by atoms with Crippen LogP contribution in [0, 0.1) is 6.92 Å². The van der Waals surface area contributed by atoms with Crippen LogP contribution in [0.3, 0.4) is 0 Å². The molecule has 0 saturated heterocycles. The molecule has 28 heavy (non-hydrogen) atoms. The molecule has 3 nitrogen and oxygen atoms in total. The Bertz CT molecular complexity index is 923. The van der Waals surface area contributed by atoms with E-state index in [1.165, 1.54) is 6.07 Å². The van der Waals surface area contributed by atoms with Crippen molar-refractivity contribution in [2.75, 3.05) is 6.61 Å². The standard InChI is InChI=1S/C20H16BrF3O3S/c1-3-26-19(25)16-17(28-13-7-4-11(2)5-8-13)14-10-12(21)6-9-15(14)27-18(16)20(22,23)24/h4-10,17H,3H2,1-2H3. The van der Waals surface area contributed by atoms with Crippen molar-refractivity contribution < 1.29 is 27.4 Å².